The van der Waals surface area contributed by atoms with Crippen LogP contribution in [0.1, 0.15) is 44.9 Å². The lowest BCUT2D eigenvalue weighted by Crippen LogP contribution is -1.76. The first-order chi connectivity index (χ1) is 6.50. The van der Waals surface area contributed by atoms with Crippen LogP contribution in [-0.2, 0) is 0 Å². The Balaban J connectivity index is 2.29. The molecule has 72 valence electrons. The van der Waals surface area contributed by atoms with Crippen LogP contribution in [0.5, 0.6) is 0 Å². The van der Waals surface area contributed by atoms with Gasteiger partial charge in [0, 0.05) is 0 Å². The predicted molar refractivity (Wildman–Crippen MR) is 59.7 cm³/mol. The van der Waals surface area contributed by atoms with Gasteiger partial charge in [-0.2, -0.15) is 0 Å². The van der Waals surface area contributed by atoms with Gasteiger partial charge in [0.2, 0.25) is 0 Å². The summed E-state index contributed by atoms with van der Waals surface area (Å²) < 4.78 is 0. The summed E-state index contributed by atoms with van der Waals surface area (Å²) in [5.74, 6) is 0. The van der Waals surface area contributed by atoms with Crippen molar-refractivity contribution in [1.29, 1.82) is 0 Å². The zero-order valence-corrected chi connectivity index (χ0v) is 8.41. The molecule has 0 bridgehead atoms. The highest BCUT2D eigenvalue weighted by atomic mass is 13.9. The van der Waals surface area contributed by atoms with Crippen LogP contribution in [-0.4, -0.2) is 0 Å². The van der Waals surface area contributed by atoms with E-state index in [-0.39, 0.29) is 0 Å². The molecule has 0 heteroatoms. The third-order valence-corrected chi connectivity index (χ3v) is 2.31. The third-order valence-electron chi connectivity index (χ3n) is 2.31. The molecule has 0 heterocycles. The molecule has 0 aliphatic heterocycles. The van der Waals surface area contributed by atoms with Crippen molar-refractivity contribution in [3.05, 3.63) is 36.5 Å². The van der Waals surface area contributed by atoms with Gasteiger partial charge in [0.1, 0.15) is 0 Å². The van der Waals surface area contributed by atoms with Crippen LogP contribution in [0.3, 0.4) is 0 Å². The molecule has 0 nitrogen and oxygen atoms in total. The Morgan fingerprint density at radius 1 is 0.538 bits per heavy atom. The summed E-state index contributed by atoms with van der Waals surface area (Å²) in [5.41, 5.74) is 0. The maximum Gasteiger partial charge on any atom is -0.0166 e. The lowest BCUT2D eigenvalue weighted by Gasteiger charge is -1.95. The second-order valence-corrected chi connectivity index (χ2v) is 3.55. The van der Waals surface area contributed by atoms with E-state index >= 15 is 0 Å². The van der Waals surface area contributed by atoms with E-state index in [4.69, 9.17) is 0 Å². The van der Waals surface area contributed by atoms with Gasteiger partial charge in [0.15, 0.2) is 0 Å². The predicted octanol–water partition coefficient (Wildman–Crippen LogP) is 4.40. The number of allylic oxidation sites excluding steroid dienone is 6. The normalized spacial score (nSPS) is 22.8. The van der Waals surface area contributed by atoms with Crippen LogP contribution in [0.2, 0.25) is 0 Å². The molecule has 0 saturated carbocycles. The van der Waals surface area contributed by atoms with Crippen LogP contribution in [0.4, 0.5) is 0 Å². The van der Waals surface area contributed by atoms with Crippen molar-refractivity contribution in [2.75, 3.05) is 0 Å². The molecule has 0 aromatic rings. The molecule has 0 aromatic carbocycles. The van der Waals surface area contributed by atoms with Gasteiger partial charge in [-0.1, -0.05) is 49.3 Å². The molecule has 0 unspecified atom stereocenters. The minimum absolute atomic E-state index is 1.09. The highest BCUT2D eigenvalue weighted by Gasteiger charge is 1.87. The van der Waals surface area contributed by atoms with Crippen LogP contribution >= 0.6 is 0 Å². The first-order valence-electron chi connectivity index (χ1n) is 5.47. The number of hydrogen-bond acceptors (Lipinski definition) is 0. The highest BCUT2D eigenvalue weighted by molar-refractivity contribution is 5.04. The van der Waals surface area contributed by atoms with E-state index in [1.165, 1.54) is 38.5 Å². The van der Waals surface area contributed by atoms with Gasteiger partial charge in [0.05, 0.1) is 0 Å². The Morgan fingerprint density at radius 2 is 1.23 bits per heavy atom. The minimum atomic E-state index is 1.09. The Kier molecular flexibility index (Phi) is 6.22. The highest BCUT2D eigenvalue weighted by Crippen LogP contribution is 2.07. The Labute approximate surface area is 82.0 Å². The van der Waals surface area contributed by atoms with E-state index in [2.05, 4.69) is 36.5 Å². The largest absolute Gasteiger partial charge is 0.0882 e. The van der Waals surface area contributed by atoms with E-state index in [0.717, 1.165) is 6.42 Å². The molecule has 1 aliphatic carbocycles. The molecule has 0 spiro atoms. The summed E-state index contributed by atoms with van der Waals surface area (Å²) in [6.07, 6.45) is 22.5. The molecule has 0 atom stereocenters. The van der Waals surface area contributed by atoms with E-state index in [0.29, 0.717) is 0 Å². The second-order valence-electron chi connectivity index (χ2n) is 3.55. The van der Waals surface area contributed by atoms with Gasteiger partial charge in [-0.05, 0) is 32.1 Å². The molecule has 0 fully saturated rings. The van der Waals surface area contributed by atoms with Crippen molar-refractivity contribution >= 4 is 0 Å². The fourth-order valence-corrected chi connectivity index (χ4v) is 1.50. The van der Waals surface area contributed by atoms with E-state index in [9.17, 15) is 0 Å². The van der Waals surface area contributed by atoms with Crippen LogP contribution in [0.15, 0.2) is 36.5 Å². The summed E-state index contributed by atoms with van der Waals surface area (Å²) >= 11 is 0. The molecule has 0 aromatic heterocycles. The first kappa shape index (κ1) is 10.3. The average molecular weight is 176 g/mol. The van der Waals surface area contributed by atoms with Gasteiger partial charge < -0.3 is 0 Å². The lowest BCUT2D eigenvalue weighted by atomic mass is 10.1. The first-order valence-corrected chi connectivity index (χ1v) is 5.47. The minimum Gasteiger partial charge on any atom is -0.0882 e. The van der Waals surface area contributed by atoms with Crippen molar-refractivity contribution in [3.8, 4) is 0 Å². The number of hydrogen-bond donors (Lipinski definition) is 0. The summed E-state index contributed by atoms with van der Waals surface area (Å²) in [7, 11) is 0. The quantitative estimate of drug-likeness (QED) is 0.480. The van der Waals surface area contributed by atoms with Crippen molar-refractivity contribution in [3.63, 3.8) is 0 Å². The maximum atomic E-state index is 2.31. The summed E-state index contributed by atoms with van der Waals surface area (Å²) in [4.78, 5) is 0. The van der Waals surface area contributed by atoms with Crippen molar-refractivity contribution in [2.24, 2.45) is 0 Å². The Morgan fingerprint density at radius 3 is 2.08 bits per heavy atom. The van der Waals surface area contributed by atoms with Gasteiger partial charge >= 0.3 is 0 Å². The van der Waals surface area contributed by atoms with E-state index in [1.54, 1.807) is 0 Å². The zero-order chi connectivity index (χ0) is 9.19. The molecule has 0 radical (unpaired) electrons. The molecular formula is C13H20. The molecule has 0 saturated heterocycles. The maximum absolute atomic E-state index is 2.31. The van der Waals surface area contributed by atoms with Crippen molar-refractivity contribution in [2.45, 2.75) is 44.9 Å². The average Bonchev–Trinajstić information content (AvgIpc) is 2.18. The van der Waals surface area contributed by atoms with E-state index in [1.807, 2.05) is 0 Å². The third kappa shape index (κ3) is 6.39. The van der Waals surface area contributed by atoms with Gasteiger partial charge in [0.25, 0.3) is 0 Å². The Bertz CT molecular complexity index is 184. The molecule has 1 aliphatic rings. The summed E-state index contributed by atoms with van der Waals surface area (Å²) in [6, 6.07) is 0. The van der Waals surface area contributed by atoms with Crippen molar-refractivity contribution < 1.29 is 0 Å². The van der Waals surface area contributed by atoms with Crippen molar-refractivity contribution in [1.82, 2.24) is 0 Å². The molecule has 0 N–H and O–H groups in total. The fourth-order valence-electron chi connectivity index (χ4n) is 1.50. The standard InChI is InChI=1S/C13H20/c1-2-4-6-8-10-12-13-11-9-7-5-3-1/h1-4,7,9H,5-6,8,10-13H2/b3-1+,4-2?,9-7?. The number of rotatable bonds is 0. The zero-order valence-electron chi connectivity index (χ0n) is 8.41. The molecule has 1 rings (SSSR count). The molecular weight excluding hydrogens is 156 g/mol. The summed E-state index contributed by atoms with van der Waals surface area (Å²) in [5, 5.41) is 0. The van der Waals surface area contributed by atoms with Gasteiger partial charge in [-0.15, -0.1) is 0 Å². The smallest absolute Gasteiger partial charge is 0.0166 e. The Hall–Kier alpha value is -0.780. The van der Waals surface area contributed by atoms with Gasteiger partial charge in [-0.3, -0.25) is 0 Å². The van der Waals surface area contributed by atoms with Crippen LogP contribution < -0.4 is 0 Å². The van der Waals surface area contributed by atoms with Crippen LogP contribution in [0, 0.1) is 0 Å². The topological polar surface area (TPSA) is 0 Å². The molecule has 13 heavy (non-hydrogen) atoms. The monoisotopic (exact) mass is 176 g/mol. The second kappa shape index (κ2) is 7.85. The van der Waals surface area contributed by atoms with E-state index < -0.39 is 0 Å². The summed E-state index contributed by atoms with van der Waals surface area (Å²) in [6.45, 7) is 0. The van der Waals surface area contributed by atoms with Gasteiger partial charge in [-0.25, -0.2) is 0 Å². The fraction of sp³-hybridized carbons (Fsp3) is 0.538. The lowest BCUT2D eigenvalue weighted by molar-refractivity contribution is 0.652. The SMILES string of the molecule is C1=CCCCCCCC=CC/C=C/1. The molecule has 0 amide bonds. The van der Waals surface area contributed by atoms with Crippen LogP contribution in [0.25, 0.3) is 0 Å².